The van der Waals surface area contributed by atoms with Gasteiger partial charge in [0.25, 0.3) is 5.91 Å². The van der Waals surface area contributed by atoms with E-state index >= 15 is 0 Å². The van der Waals surface area contributed by atoms with Gasteiger partial charge in [-0.3, -0.25) is 9.59 Å². The Hall–Kier alpha value is -2.24. The minimum absolute atomic E-state index is 0.0578. The van der Waals surface area contributed by atoms with Gasteiger partial charge in [0.1, 0.15) is 6.10 Å². The van der Waals surface area contributed by atoms with Gasteiger partial charge in [0.15, 0.2) is 11.5 Å². The van der Waals surface area contributed by atoms with Crippen LogP contribution >= 0.6 is 0 Å². The van der Waals surface area contributed by atoms with Gasteiger partial charge in [0, 0.05) is 18.5 Å². The summed E-state index contributed by atoms with van der Waals surface area (Å²) in [5, 5.41) is 6.31. The van der Waals surface area contributed by atoms with Gasteiger partial charge in [-0.05, 0) is 56.6 Å². The van der Waals surface area contributed by atoms with Gasteiger partial charge in [-0.15, -0.1) is 0 Å². The molecule has 152 valence electrons. The summed E-state index contributed by atoms with van der Waals surface area (Å²) >= 11 is 0. The molecule has 4 rings (SSSR count). The van der Waals surface area contributed by atoms with E-state index in [1.165, 1.54) is 0 Å². The van der Waals surface area contributed by atoms with E-state index in [1.54, 1.807) is 0 Å². The molecule has 6 heteroatoms. The fraction of sp³-hybridized carbons (Fsp3) is 0.636. The minimum atomic E-state index is -0.665. The highest BCUT2D eigenvalue weighted by molar-refractivity contribution is 5.82. The second kappa shape index (κ2) is 8.02. The molecule has 0 bridgehead atoms. The van der Waals surface area contributed by atoms with Gasteiger partial charge in [-0.2, -0.15) is 0 Å². The van der Waals surface area contributed by atoms with E-state index in [-0.39, 0.29) is 30.0 Å². The number of carbonyl (C=O) groups excluding carboxylic acids is 2. The van der Waals surface area contributed by atoms with Crippen LogP contribution in [-0.4, -0.2) is 36.1 Å². The van der Waals surface area contributed by atoms with Gasteiger partial charge >= 0.3 is 0 Å². The molecule has 1 saturated carbocycles. The third kappa shape index (κ3) is 3.82. The molecular weight excluding hydrogens is 356 g/mol. The Labute approximate surface area is 166 Å². The van der Waals surface area contributed by atoms with E-state index in [0.717, 1.165) is 32.1 Å². The lowest BCUT2D eigenvalue weighted by molar-refractivity contribution is -0.134. The van der Waals surface area contributed by atoms with Crippen molar-refractivity contribution in [1.29, 1.82) is 0 Å². The SMILES string of the molecule is CCCC1CC(=O)NC2CC(NC(=O)C3Oc4ccccc4OC3C)CCC12. The summed E-state index contributed by atoms with van der Waals surface area (Å²) in [5.41, 5.74) is 0. The molecule has 2 heterocycles. The highest BCUT2D eigenvalue weighted by atomic mass is 16.6. The summed E-state index contributed by atoms with van der Waals surface area (Å²) in [5.74, 6) is 2.30. The molecule has 2 fully saturated rings. The normalized spacial score (nSPS) is 34.1. The van der Waals surface area contributed by atoms with E-state index in [2.05, 4.69) is 17.6 Å². The summed E-state index contributed by atoms with van der Waals surface area (Å²) in [4.78, 5) is 25.0. The lowest BCUT2D eigenvalue weighted by atomic mass is 9.70. The Morgan fingerprint density at radius 3 is 2.71 bits per heavy atom. The van der Waals surface area contributed by atoms with Crippen molar-refractivity contribution in [1.82, 2.24) is 10.6 Å². The van der Waals surface area contributed by atoms with Gasteiger partial charge in [-0.25, -0.2) is 0 Å². The maximum atomic E-state index is 12.9. The molecule has 2 amide bonds. The van der Waals surface area contributed by atoms with Crippen molar-refractivity contribution in [3.63, 3.8) is 0 Å². The van der Waals surface area contributed by atoms with Gasteiger partial charge < -0.3 is 20.1 Å². The van der Waals surface area contributed by atoms with Crippen molar-refractivity contribution in [3.8, 4) is 11.5 Å². The van der Waals surface area contributed by atoms with Crippen molar-refractivity contribution in [2.24, 2.45) is 11.8 Å². The van der Waals surface area contributed by atoms with Crippen LogP contribution in [0.1, 0.15) is 52.4 Å². The van der Waals surface area contributed by atoms with Gasteiger partial charge in [0.05, 0.1) is 0 Å². The van der Waals surface area contributed by atoms with Crippen molar-refractivity contribution in [2.45, 2.75) is 76.7 Å². The maximum absolute atomic E-state index is 12.9. The number of para-hydroxylation sites is 2. The van der Waals surface area contributed by atoms with Crippen LogP contribution in [-0.2, 0) is 9.59 Å². The van der Waals surface area contributed by atoms with Crippen molar-refractivity contribution >= 4 is 11.8 Å². The number of nitrogens with one attached hydrogen (secondary N) is 2. The highest BCUT2D eigenvalue weighted by Gasteiger charge is 2.42. The number of benzene rings is 1. The van der Waals surface area contributed by atoms with Crippen LogP contribution in [0.4, 0.5) is 0 Å². The molecule has 1 saturated heterocycles. The lowest BCUT2D eigenvalue weighted by Crippen LogP contribution is -2.57. The van der Waals surface area contributed by atoms with E-state index in [4.69, 9.17) is 9.47 Å². The van der Waals surface area contributed by atoms with E-state index in [1.807, 2.05) is 31.2 Å². The summed E-state index contributed by atoms with van der Waals surface area (Å²) < 4.78 is 11.8. The van der Waals surface area contributed by atoms with Crippen LogP contribution in [0.15, 0.2) is 24.3 Å². The zero-order chi connectivity index (χ0) is 19.7. The predicted octanol–water partition coefficient (Wildman–Crippen LogP) is 2.80. The molecule has 6 atom stereocenters. The summed E-state index contributed by atoms with van der Waals surface area (Å²) in [6.45, 7) is 4.03. The first kappa shape index (κ1) is 19.1. The van der Waals surface area contributed by atoms with Crippen LogP contribution in [0.3, 0.4) is 0 Å². The Bertz CT molecular complexity index is 737. The number of amides is 2. The summed E-state index contributed by atoms with van der Waals surface area (Å²) in [6, 6.07) is 7.64. The van der Waals surface area contributed by atoms with Crippen LogP contribution in [0.25, 0.3) is 0 Å². The molecule has 0 spiro atoms. The average molecular weight is 386 g/mol. The molecule has 1 aromatic rings. The third-order valence-corrected chi connectivity index (χ3v) is 6.41. The Morgan fingerprint density at radius 1 is 1.21 bits per heavy atom. The van der Waals surface area contributed by atoms with Gasteiger partial charge in [-0.1, -0.05) is 25.5 Å². The molecule has 0 aromatic heterocycles. The smallest absolute Gasteiger partial charge is 0.265 e. The predicted molar refractivity (Wildman–Crippen MR) is 105 cm³/mol. The van der Waals surface area contributed by atoms with E-state index in [0.29, 0.717) is 29.8 Å². The second-order valence-electron chi connectivity index (χ2n) is 8.42. The van der Waals surface area contributed by atoms with Crippen molar-refractivity contribution < 1.29 is 19.1 Å². The first-order valence-corrected chi connectivity index (χ1v) is 10.6. The molecule has 2 N–H and O–H groups in total. The minimum Gasteiger partial charge on any atom is -0.482 e. The Balaban J connectivity index is 1.37. The molecule has 1 aliphatic carbocycles. The van der Waals surface area contributed by atoms with Crippen LogP contribution in [0.5, 0.6) is 11.5 Å². The van der Waals surface area contributed by atoms with Gasteiger partial charge in [0.2, 0.25) is 12.0 Å². The first-order chi connectivity index (χ1) is 13.5. The van der Waals surface area contributed by atoms with E-state index < -0.39 is 6.10 Å². The second-order valence-corrected chi connectivity index (χ2v) is 8.42. The van der Waals surface area contributed by atoms with Crippen molar-refractivity contribution in [2.75, 3.05) is 0 Å². The van der Waals surface area contributed by atoms with Crippen LogP contribution in [0, 0.1) is 11.8 Å². The number of ether oxygens (including phenoxy) is 2. The average Bonchev–Trinajstić information content (AvgIpc) is 2.67. The fourth-order valence-corrected chi connectivity index (χ4v) is 5.09. The molecule has 28 heavy (non-hydrogen) atoms. The zero-order valence-corrected chi connectivity index (χ0v) is 16.6. The number of rotatable bonds is 4. The molecule has 6 nitrogen and oxygen atoms in total. The third-order valence-electron chi connectivity index (χ3n) is 6.41. The monoisotopic (exact) mass is 386 g/mol. The highest BCUT2D eigenvalue weighted by Crippen LogP contribution is 2.38. The molecule has 6 unspecified atom stereocenters. The van der Waals surface area contributed by atoms with Crippen LogP contribution in [0.2, 0.25) is 0 Å². The number of hydrogen-bond acceptors (Lipinski definition) is 4. The lowest BCUT2D eigenvalue weighted by Gasteiger charge is -2.44. The first-order valence-electron chi connectivity index (χ1n) is 10.6. The molecule has 3 aliphatic rings. The quantitative estimate of drug-likeness (QED) is 0.834. The largest absolute Gasteiger partial charge is 0.482 e. The molecular formula is C22H30N2O4. The number of piperidine rings is 1. The fourth-order valence-electron chi connectivity index (χ4n) is 5.09. The van der Waals surface area contributed by atoms with Crippen molar-refractivity contribution in [3.05, 3.63) is 24.3 Å². The molecule has 1 aromatic carbocycles. The topological polar surface area (TPSA) is 76.7 Å². The maximum Gasteiger partial charge on any atom is 0.265 e. The molecule has 0 radical (unpaired) electrons. The summed E-state index contributed by atoms with van der Waals surface area (Å²) in [7, 11) is 0. The Kier molecular flexibility index (Phi) is 5.47. The number of fused-ring (bicyclic) bond motifs is 2. The standard InChI is InChI=1S/C22H30N2O4/c1-3-6-14-11-20(25)24-17-12-15(9-10-16(14)17)23-22(26)21-13(2)27-18-7-4-5-8-19(18)28-21/h4-5,7-8,13-17,21H,3,6,9-12H2,1-2H3,(H,23,26)(H,24,25). The molecule has 2 aliphatic heterocycles. The summed E-state index contributed by atoms with van der Waals surface area (Å²) in [6.07, 6.45) is 4.63. The Morgan fingerprint density at radius 2 is 1.96 bits per heavy atom. The van der Waals surface area contributed by atoms with E-state index in [9.17, 15) is 9.59 Å². The zero-order valence-electron chi connectivity index (χ0n) is 16.6. The van der Waals surface area contributed by atoms with Crippen LogP contribution < -0.4 is 20.1 Å². The number of carbonyl (C=O) groups is 2. The number of hydrogen-bond donors (Lipinski definition) is 2.